The number of ether oxygens (including phenoxy) is 2. The number of benzene rings is 2. The van der Waals surface area contributed by atoms with E-state index in [0.717, 1.165) is 22.6 Å². The Morgan fingerprint density at radius 1 is 1.12 bits per heavy atom. The first kappa shape index (κ1) is 17.3. The Kier molecular flexibility index (Phi) is 5.24. The van der Waals surface area contributed by atoms with Gasteiger partial charge >= 0.3 is 0 Å². The van der Waals surface area contributed by atoms with Gasteiger partial charge in [-0.3, -0.25) is 4.79 Å². The zero-order valence-corrected chi connectivity index (χ0v) is 14.5. The third-order valence-electron chi connectivity index (χ3n) is 4.59. The number of hydrogen-bond donors (Lipinski definition) is 1. The number of aliphatic hydroxyl groups is 1. The first-order valence-electron chi connectivity index (χ1n) is 8.35. The van der Waals surface area contributed by atoms with Crippen molar-refractivity contribution in [3.63, 3.8) is 0 Å². The number of β-amino-alcohol motifs (C(OH)–C–C–N with tert-alkyl or cyclic N) is 1. The fourth-order valence-electron chi connectivity index (χ4n) is 3.27. The Morgan fingerprint density at radius 2 is 1.84 bits per heavy atom. The molecular weight excluding hydrogens is 318 g/mol. The minimum absolute atomic E-state index is 0.00883. The lowest BCUT2D eigenvalue weighted by atomic mass is 10.0. The fraction of sp³-hybridized carbons (Fsp3) is 0.350. The first-order chi connectivity index (χ1) is 12.1. The Labute approximate surface area is 147 Å². The second-order valence-corrected chi connectivity index (χ2v) is 6.25. The lowest BCUT2D eigenvalue weighted by Crippen LogP contribution is -2.33. The molecule has 0 spiro atoms. The van der Waals surface area contributed by atoms with Gasteiger partial charge in [0.15, 0.2) is 0 Å². The predicted octanol–water partition coefficient (Wildman–Crippen LogP) is 2.58. The molecule has 1 fully saturated rings. The van der Waals surface area contributed by atoms with Gasteiger partial charge in [-0.15, -0.1) is 0 Å². The zero-order chi connectivity index (χ0) is 17.8. The number of methoxy groups -OCH3 is 2. The molecule has 5 heteroatoms. The molecule has 0 saturated carbocycles. The summed E-state index contributed by atoms with van der Waals surface area (Å²) < 4.78 is 10.4. The van der Waals surface area contributed by atoms with Crippen LogP contribution in [0.1, 0.15) is 23.6 Å². The average Bonchev–Trinajstić information content (AvgIpc) is 3.04. The molecule has 0 aliphatic carbocycles. The molecule has 1 aliphatic rings. The highest BCUT2D eigenvalue weighted by atomic mass is 16.5. The normalized spacial score (nSPS) is 19.7. The van der Waals surface area contributed by atoms with Gasteiger partial charge in [-0.05, 0) is 41.8 Å². The van der Waals surface area contributed by atoms with Crippen LogP contribution in [0, 0.1) is 0 Å². The van der Waals surface area contributed by atoms with Crippen molar-refractivity contribution in [2.24, 2.45) is 0 Å². The molecule has 0 aromatic heterocycles. The zero-order valence-electron chi connectivity index (χ0n) is 14.5. The second-order valence-electron chi connectivity index (χ2n) is 6.25. The van der Waals surface area contributed by atoms with Gasteiger partial charge in [0.05, 0.1) is 32.8 Å². The summed E-state index contributed by atoms with van der Waals surface area (Å²) in [7, 11) is 3.24. The van der Waals surface area contributed by atoms with E-state index in [1.807, 2.05) is 48.5 Å². The largest absolute Gasteiger partial charge is 0.497 e. The van der Waals surface area contributed by atoms with Crippen molar-refractivity contribution in [2.45, 2.75) is 25.0 Å². The molecule has 3 rings (SSSR count). The van der Waals surface area contributed by atoms with Crippen molar-refractivity contribution in [1.29, 1.82) is 0 Å². The molecular formula is C20H23NO4. The maximum atomic E-state index is 12.8. The molecule has 2 aromatic rings. The monoisotopic (exact) mass is 341 g/mol. The third kappa shape index (κ3) is 3.94. The highest BCUT2D eigenvalue weighted by Crippen LogP contribution is 2.34. The Morgan fingerprint density at radius 3 is 2.52 bits per heavy atom. The maximum Gasteiger partial charge on any atom is 0.227 e. The standard InChI is InChI=1S/C20H23NO4/c1-24-17-8-6-14(7-9-17)10-20(23)21-13-16(22)12-19(21)15-4-3-5-18(11-15)25-2/h3-9,11,16,19,22H,10,12-13H2,1-2H3/t16-,19-/m1/s1. The maximum absolute atomic E-state index is 12.8. The molecule has 0 bridgehead atoms. The molecule has 2 atom stereocenters. The summed E-state index contributed by atoms with van der Waals surface area (Å²) >= 11 is 0. The van der Waals surface area contributed by atoms with Gasteiger partial charge in [0.2, 0.25) is 5.91 Å². The minimum Gasteiger partial charge on any atom is -0.497 e. The van der Waals surface area contributed by atoms with E-state index < -0.39 is 6.10 Å². The smallest absolute Gasteiger partial charge is 0.227 e. The Bertz CT molecular complexity index is 729. The summed E-state index contributed by atoms with van der Waals surface area (Å²) in [6, 6.07) is 15.0. The Balaban J connectivity index is 1.76. The highest BCUT2D eigenvalue weighted by Gasteiger charge is 2.35. The third-order valence-corrected chi connectivity index (χ3v) is 4.59. The fourth-order valence-corrected chi connectivity index (χ4v) is 3.27. The van der Waals surface area contributed by atoms with E-state index in [4.69, 9.17) is 9.47 Å². The van der Waals surface area contributed by atoms with Crippen LogP contribution in [0.4, 0.5) is 0 Å². The highest BCUT2D eigenvalue weighted by molar-refractivity contribution is 5.79. The van der Waals surface area contributed by atoms with Crippen molar-refractivity contribution >= 4 is 5.91 Å². The van der Waals surface area contributed by atoms with Crippen LogP contribution in [0.15, 0.2) is 48.5 Å². The van der Waals surface area contributed by atoms with Gasteiger partial charge < -0.3 is 19.5 Å². The van der Waals surface area contributed by atoms with Crippen LogP contribution in [-0.2, 0) is 11.2 Å². The van der Waals surface area contributed by atoms with E-state index in [0.29, 0.717) is 19.4 Å². The first-order valence-corrected chi connectivity index (χ1v) is 8.35. The molecule has 1 heterocycles. The number of carbonyl (C=O) groups is 1. The number of aliphatic hydroxyl groups excluding tert-OH is 1. The molecule has 0 unspecified atom stereocenters. The van der Waals surface area contributed by atoms with Crippen LogP contribution in [-0.4, -0.2) is 42.8 Å². The lowest BCUT2D eigenvalue weighted by Gasteiger charge is -2.25. The van der Waals surface area contributed by atoms with Crippen LogP contribution in [0.2, 0.25) is 0 Å². The van der Waals surface area contributed by atoms with E-state index in [2.05, 4.69) is 0 Å². The van der Waals surface area contributed by atoms with Gasteiger partial charge in [0, 0.05) is 6.54 Å². The summed E-state index contributed by atoms with van der Waals surface area (Å²) in [5, 5.41) is 10.1. The molecule has 1 saturated heterocycles. The van der Waals surface area contributed by atoms with Crippen molar-refractivity contribution in [3.8, 4) is 11.5 Å². The number of likely N-dealkylation sites (tertiary alicyclic amines) is 1. The van der Waals surface area contributed by atoms with E-state index in [-0.39, 0.29) is 11.9 Å². The average molecular weight is 341 g/mol. The molecule has 5 nitrogen and oxygen atoms in total. The van der Waals surface area contributed by atoms with Crippen molar-refractivity contribution < 1.29 is 19.4 Å². The molecule has 1 aliphatic heterocycles. The quantitative estimate of drug-likeness (QED) is 0.908. The molecule has 132 valence electrons. The van der Waals surface area contributed by atoms with Gasteiger partial charge in [-0.2, -0.15) is 0 Å². The topological polar surface area (TPSA) is 59.0 Å². The van der Waals surface area contributed by atoms with Gasteiger partial charge in [-0.1, -0.05) is 24.3 Å². The molecule has 1 N–H and O–H groups in total. The predicted molar refractivity (Wildman–Crippen MR) is 94.8 cm³/mol. The summed E-state index contributed by atoms with van der Waals surface area (Å²) in [5.41, 5.74) is 1.91. The molecule has 1 amide bonds. The van der Waals surface area contributed by atoms with Crippen LogP contribution in [0.3, 0.4) is 0 Å². The number of rotatable bonds is 5. The van der Waals surface area contributed by atoms with Crippen LogP contribution in [0.5, 0.6) is 11.5 Å². The minimum atomic E-state index is -0.504. The number of carbonyl (C=O) groups excluding carboxylic acids is 1. The second kappa shape index (κ2) is 7.57. The molecule has 2 aromatic carbocycles. The van der Waals surface area contributed by atoms with E-state index in [9.17, 15) is 9.90 Å². The van der Waals surface area contributed by atoms with Crippen LogP contribution < -0.4 is 9.47 Å². The summed E-state index contributed by atoms with van der Waals surface area (Å²) in [4.78, 5) is 14.6. The van der Waals surface area contributed by atoms with Crippen molar-refractivity contribution in [3.05, 3.63) is 59.7 Å². The number of amides is 1. The summed E-state index contributed by atoms with van der Waals surface area (Å²) in [5.74, 6) is 1.53. The van der Waals surface area contributed by atoms with Crippen molar-refractivity contribution in [2.75, 3.05) is 20.8 Å². The van der Waals surface area contributed by atoms with Crippen molar-refractivity contribution in [1.82, 2.24) is 4.90 Å². The van der Waals surface area contributed by atoms with Crippen LogP contribution in [0.25, 0.3) is 0 Å². The summed E-state index contributed by atoms with van der Waals surface area (Å²) in [6.45, 7) is 0.358. The van der Waals surface area contributed by atoms with Crippen LogP contribution >= 0.6 is 0 Å². The van der Waals surface area contributed by atoms with E-state index in [1.165, 1.54) is 0 Å². The SMILES string of the molecule is COc1ccc(CC(=O)N2C[C@H](O)C[C@@H]2c2cccc(OC)c2)cc1. The van der Waals surface area contributed by atoms with E-state index >= 15 is 0 Å². The van der Waals surface area contributed by atoms with E-state index in [1.54, 1.807) is 19.1 Å². The van der Waals surface area contributed by atoms with Gasteiger partial charge in [0.1, 0.15) is 11.5 Å². The van der Waals surface area contributed by atoms with Gasteiger partial charge in [0.25, 0.3) is 0 Å². The number of hydrogen-bond acceptors (Lipinski definition) is 4. The lowest BCUT2D eigenvalue weighted by molar-refractivity contribution is -0.131. The summed E-state index contributed by atoms with van der Waals surface area (Å²) in [6.07, 6.45) is 0.342. The van der Waals surface area contributed by atoms with Gasteiger partial charge in [-0.25, -0.2) is 0 Å². The molecule has 25 heavy (non-hydrogen) atoms. The molecule has 0 radical (unpaired) electrons. The Hall–Kier alpha value is -2.53. The number of nitrogens with zero attached hydrogens (tertiary/aromatic N) is 1.